The molecule has 0 aliphatic rings. The van der Waals surface area contributed by atoms with E-state index in [2.05, 4.69) is 5.32 Å². The van der Waals surface area contributed by atoms with E-state index in [1.807, 2.05) is 54.6 Å². The molecule has 25 heavy (non-hydrogen) atoms. The number of amides is 1. The average molecular weight is 343 g/mol. The van der Waals surface area contributed by atoms with Gasteiger partial charge in [0.2, 0.25) is 5.91 Å². The van der Waals surface area contributed by atoms with Gasteiger partial charge in [0.25, 0.3) is 0 Å². The third-order valence-corrected chi connectivity index (χ3v) is 3.56. The molecule has 0 unspecified atom stereocenters. The van der Waals surface area contributed by atoms with Gasteiger partial charge in [0.05, 0.1) is 26.4 Å². The third-order valence-electron chi connectivity index (χ3n) is 3.56. The van der Waals surface area contributed by atoms with Crippen molar-refractivity contribution < 1.29 is 19.0 Å². The van der Waals surface area contributed by atoms with Crippen LogP contribution in [0.25, 0.3) is 11.1 Å². The summed E-state index contributed by atoms with van der Waals surface area (Å²) < 4.78 is 16.0. The van der Waals surface area contributed by atoms with Gasteiger partial charge in [-0.25, -0.2) is 0 Å². The second-order valence-corrected chi connectivity index (χ2v) is 5.42. The highest BCUT2D eigenvalue weighted by Gasteiger charge is 2.06. The zero-order chi connectivity index (χ0) is 17.7. The van der Waals surface area contributed by atoms with Crippen LogP contribution in [0.5, 0.6) is 5.75 Å². The number of hydrogen-bond donors (Lipinski definition) is 1. The van der Waals surface area contributed by atoms with Crippen molar-refractivity contribution >= 4 is 5.91 Å². The molecule has 0 saturated heterocycles. The van der Waals surface area contributed by atoms with Crippen molar-refractivity contribution in [3.8, 4) is 16.9 Å². The van der Waals surface area contributed by atoms with Gasteiger partial charge < -0.3 is 19.5 Å². The second kappa shape index (κ2) is 11.2. The summed E-state index contributed by atoms with van der Waals surface area (Å²) in [5, 5.41) is 2.83. The number of carbonyl (C=O) groups is 1. The first-order valence-electron chi connectivity index (χ1n) is 8.42. The maximum absolute atomic E-state index is 11.7. The van der Waals surface area contributed by atoms with Crippen LogP contribution in [-0.4, -0.2) is 46.0 Å². The predicted molar refractivity (Wildman–Crippen MR) is 97.7 cm³/mol. The van der Waals surface area contributed by atoms with Crippen molar-refractivity contribution in [2.45, 2.75) is 6.42 Å². The van der Waals surface area contributed by atoms with E-state index in [-0.39, 0.29) is 5.91 Å². The molecule has 0 aliphatic carbocycles. The molecule has 0 heterocycles. The van der Waals surface area contributed by atoms with Gasteiger partial charge in [-0.2, -0.15) is 0 Å². The number of methoxy groups -OCH3 is 1. The minimum absolute atomic E-state index is 0.0441. The van der Waals surface area contributed by atoms with Crippen LogP contribution in [0.4, 0.5) is 0 Å². The van der Waals surface area contributed by atoms with Gasteiger partial charge in [0, 0.05) is 19.1 Å². The quantitative estimate of drug-likeness (QED) is 0.638. The molecule has 1 N–H and O–H groups in total. The first kappa shape index (κ1) is 19.0. The highest BCUT2D eigenvalue weighted by atomic mass is 16.5. The molecule has 0 radical (unpaired) electrons. The molecular formula is C20H25NO4. The third kappa shape index (κ3) is 6.95. The Labute approximate surface area is 148 Å². The molecule has 2 rings (SSSR count). The van der Waals surface area contributed by atoms with Crippen LogP contribution < -0.4 is 10.1 Å². The molecule has 1 amide bonds. The van der Waals surface area contributed by atoms with E-state index < -0.39 is 0 Å². The van der Waals surface area contributed by atoms with Crippen molar-refractivity contribution in [3.63, 3.8) is 0 Å². The monoisotopic (exact) mass is 343 g/mol. The van der Waals surface area contributed by atoms with Gasteiger partial charge in [0.15, 0.2) is 0 Å². The summed E-state index contributed by atoms with van der Waals surface area (Å²) in [5.41, 5.74) is 2.15. The largest absolute Gasteiger partial charge is 0.491 e. The van der Waals surface area contributed by atoms with Crippen LogP contribution >= 0.6 is 0 Å². The second-order valence-electron chi connectivity index (χ2n) is 5.42. The zero-order valence-corrected chi connectivity index (χ0v) is 14.6. The Morgan fingerprint density at radius 3 is 2.48 bits per heavy atom. The first-order valence-corrected chi connectivity index (χ1v) is 8.42. The SMILES string of the molecule is COCCOCCC(=O)NCCOc1ccccc1-c1ccccc1. The van der Waals surface area contributed by atoms with Crippen LogP contribution in [0.15, 0.2) is 54.6 Å². The number of benzene rings is 2. The Bertz CT molecular complexity index is 631. The number of rotatable bonds is 11. The highest BCUT2D eigenvalue weighted by Crippen LogP contribution is 2.29. The molecular weight excluding hydrogens is 318 g/mol. The number of carbonyl (C=O) groups excluding carboxylic acids is 1. The fourth-order valence-electron chi connectivity index (χ4n) is 2.30. The molecule has 0 aromatic heterocycles. The number of nitrogens with one attached hydrogen (secondary N) is 1. The number of para-hydroxylation sites is 1. The zero-order valence-electron chi connectivity index (χ0n) is 14.6. The van der Waals surface area contributed by atoms with E-state index in [9.17, 15) is 4.79 Å². The maximum atomic E-state index is 11.7. The fraction of sp³-hybridized carbons (Fsp3) is 0.350. The summed E-state index contributed by atoms with van der Waals surface area (Å²) in [5.74, 6) is 0.767. The lowest BCUT2D eigenvalue weighted by Crippen LogP contribution is -2.29. The lowest BCUT2D eigenvalue weighted by molar-refractivity contribution is -0.122. The standard InChI is InChI=1S/C20H25NO4/c1-23-15-16-24-13-11-20(22)21-12-14-25-19-10-6-5-9-18(19)17-7-3-2-4-8-17/h2-10H,11-16H2,1H3,(H,21,22). The summed E-state index contributed by atoms with van der Waals surface area (Å²) in [4.78, 5) is 11.7. The summed E-state index contributed by atoms with van der Waals surface area (Å²) in [7, 11) is 1.62. The topological polar surface area (TPSA) is 56.8 Å². The lowest BCUT2D eigenvalue weighted by Gasteiger charge is -2.12. The van der Waals surface area contributed by atoms with Gasteiger partial charge in [-0.3, -0.25) is 4.79 Å². The molecule has 0 saturated carbocycles. The van der Waals surface area contributed by atoms with E-state index in [0.717, 1.165) is 16.9 Å². The van der Waals surface area contributed by atoms with Gasteiger partial charge in [-0.05, 0) is 11.6 Å². The average Bonchev–Trinajstić information content (AvgIpc) is 2.66. The Balaban J connectivity index is 1.71. The molecule has 0 atom stereocenters. The van der Waals surface area contributed by atoms with Crippen molar-refractivity contribution in [2.75, 3.05) is 40.1 Å². The van der Waals surface area contributed by atoms with E-state index in [1.165, 1.54) is 0 Å². The van der Waals surface area contributed by atoms with E-state index in [4.69, 9.17) is 14.2 Å². The molecule has 0 spiro atoms. The lowest BCUT2D eigenvalue weighted by atomic mass is 10.1. The van der Waals surface area contributed by atoms with Gasteiger partial charge in [-0.15, -0.1) is 0 Å². The van der Waals surface area contributed by atoms with Gasteiger partial charge in [-0.1, -0.05) is 48.5 Å². The molecule has 5 heteroatoms. The fourth-order valence-corrected chi connectivity index (χ4v) is 2.30. The molecule has 0 aliphatic heterocycles. The molecule has 5 nitrogen and oxygen atoms in total. The first-order chi connectivity index (χ1) is 12.3. The Kier molecular flexibility index (Phi) is 8.52. The van der Waals surface area contributed by atoms with Crippen LogP contribution in [0.2, 0.25) is 0 Å². The highest BCUT2D eigenvalue weighted by molar-refractivity contribution is 5.76. The van der Waals surface area contributed by atoms with Crippen molar-refractivity contribution in [1.82, 2.24) is 5.32 Å². The van der Waals surface area contributed by atoms with Crippen LogP contribution in [0.1, 0.15) is 6.42 Å². The summed E-state index contributed by atoms with van der Waals surface area (Å²) >= 11 is 0. The normalized spacial score (nSPS) is 10.4. The Hall–Kier alpha value is -2.37. The Morgan fingerprint density at radius 2 is 1.68 bits per heavy atom. The molecule has 134 valence electrons. The van der Waals surface area contributed by atoms with Crippen molar-refractivity contribution in [3.05, 3.63) is 54.6 Å². The van der Waals surface area contributed by atoms with Gasteiger partial charge >= 0.3 is 0 Å². The summed E-state index contributed by atoms with van der Waals surface area (Å²) in [6.45, 7) is 2.31. The molecule has 0 bridgehead atoms. The Morgan fingerprint density at radius 1 is 0.920 bits per heavy atom. The van der Waals surface area contributed by atoms with Gasteiger partial charge in [0.1, 0.15) is 12.4 Å². The van der Waals surface area contributed by atoms with Crippen LogP contribution in [-0.2, 0) is 14.3 Å². The summed E-state index contributed by atoms with van der Waals surface area (Å²) in [6.07, 6.45) is 0.338. The van der Waals surface area contributed by atoms with E-state index in [0.29, 0.717) is 39.4 Å². The summed E-state index contributed by atoms with van der Waals surface area (Å²) in [6, 6.07) is 18.0. The van der Waals surface area contributed by atoms with Crippen LogP contribution in [0.3, 0.4) is 0 Å². The van der Waals surface area contributed by atoms with Crippen molar-refractivity contribution in [2.24, 2.45) is 0 Å². The van der Waals surface area contributed by atoms with Crippen molar-refractivity contribution in [1.29, 1.82) is 0 Å². The minimum Gasteiger partial charge on any atom is -0.491 e. The number of hydrogen-bond acceptors (Lipinski definition) is 4. The van der Waals surface area contributed by atoms with Crippen LogP contribution in [0, 0.1) is 0 Å². The van der Waals surface area contributed by atoms with E-state index >= 15 is 0 Å². The minimum atomic E-state index is -0.0441. The molecule has 2 aromatic rings. The maximum Gasteiger partial charge on any atom is 0.222 e. The number of ether oxygens (including phenoxy) is 3. The van der Waals surface area contributed by atoms with E-state index in [1.54, 1.807) is 7.11 Å². The predicted octanol–water partition coefficient (Wildman–Crippen LogP) is 2.90. The molecule has 2 aromatic carbocycles. The smallest absolute Gasteiger partial charge is 0.222 e. The molecule has 0 fully saturated rings.